The fraction of sp³-hybridized carbons (Fsp3) is 0.385. The summed E-state index contributed by atoms with van der Waals surface area (Å²) in [5, 5.41) is 17.6. The molecular weight excluding hydrogens is 470 g/mol. The average molecular weight is 502 g/mol. The van der Waals surface area contributed by atoms with Crippen LogP contribution in [0.1, 0.15) is 59.9 Å². The highest BCUT2D eigenvalue weighted by Gasteiger charge is 2.52. The van der Waals surface area contributed by atoms with Crippen LogP contribution in [0, 0.1) is 20.8 Å². The maximum Gasteiger partial charge on any atom is 0.252 e. The number of hydrogen-bond acceptors (Lipinski definition) is 8. The van der Waals surface area contributed by atoms with Crippen molar-refractivity contribution < 1.29 is 9.53 Å². The molecule has 11 nitrogen and oxygen atoms in total. The average Bonchev–Trinajstić information content (AvgIpc) is 3.46. The molecule has 0 radical (unpaired) electrons. The molecule has 0 bridgehead atoms. The molecule has 0 spiro atoms. The lowest BCUT2D eigenvalue weighted by molar-refractivity contribution is -0.158. The second-order valence-corrected chi connectivity index (χ2v) is 9.73. The van der Waals surface area contributed by atoms with Gasteiger partial charge in [0.25, 0.3) is 5.91 Å². The van der Waals surface area contributed by atoms with Crippen LogP contribution in [0.3, 0.4) is 0 Å². The summed E-state index contributed by atoms with van der Waals surface area (Å²) < 4.78 is 7.47. The van der Waals surface area contributed by atoms with E-state index < -0.39 is 5.60 Å². The number of anilines is 2. The van der Waals surface area contributed by atoms with Crippen LogP contribution >= 0.6 is 0 Å². The predicted octanol–water partition coefficient (Wildman–Crippen LogP) is 3.59. The van der Waals surface area contributed by atoms with Gasteiger partial charge in [0.15, 0.2) is 11.6 Å². The highest BCUT2D eigenvalue weighted by molar-refractivity contribution is 5.87. The molecule has 0 unspecified atom stereocenters. The molecule has 37 heavy (non-hydrogen) atoms. The Balaban J connectivity index is 1.23. The molecule has 0 aliphatic heterocycles. The first-order valence-electron chi connectivity index (χ1n) is 12.2. The summed E-state index contributed by atoms with van der Waals surface area (Å²) in [5.41, 5.74) is 3.73. The highest BCUT2D eigenvalue weighted by Crippen LogP contribution is 2.47. The van der Waals surface area contributed by atoms with E-state index in [9.17, 15) is 4.79 Å². The maximum atomic E-state index is 13.3. The molecule has 11 heteroatoms. The van der Waals surface area contributed by atoms with Crippen molar-refractivity contribution in [2.45, 2.75) is 58.1 Å². The summed E-state index contributed by atoms with van der Waals surface area (Å²) in [7, 11) is 1.58. The van der Waals surface area contributed by atoms with E-state index in [1.54, 1.807) is 24.2 Å². The van der Waals surface area contributed by atoms with Crippen molar-refractivity contribution in [2.75, 3.05) is 12.4 Å². The molecule has 1 saturated carbocycles. The third-order valence-corrected chi connectivity index (χ3v) is 6.76. The molecular formula is C26H31N9O2. The predicted molar refractivity (Wildman–Crippen MR) is 138 cm³/mol. The van der Waals surface area contributed by atoms with Crippen molar-refractivity contribution in [1.82, 2.24) is 40.2 Å². The van der Waals surface area contributed by atoms with E-state index >= 15 is 0 Å². The van der Waals surface area contributed by atoms with Gasteiger partial charge in [-0.2, -0.15) is 10.2 Å². The van der Waals surface area contributed by atoms with E-state index in [-0.39, 0.29) is 17.9 Å². The van der Waals surface area contributed by atoms with E-state index in [1.807, 2.05) is 58.2 Å². The normalized spacial score (nSPS) is 19.8. The Labute approximate surface area is 215 Å². The summed E-state index contributed by atoms with van der Waals surface area (Å²) in [6, 6.07) is 7.46. The lowest BCUT2D eigenvalue weighted by Crippen LogP contribution is -2.56. The lowest BCUT2D eigenvalue weighted by Gasteiger charge is -2.45. The Hall–Kier alpha value is -4.12. The number of ether oxygens (including phenoxy) is 1. The number of carbonyl (C=O) groups excluding carboxylic acids is 1. The van der Waals surface area contributed by atoms with Gasteiger partial charge in [0.05, 0.1) is 12.2 Å². The smallest absolute Gasteiger partial charge is 0.252 e. The maximum absolute atomic E-state index is 13.3. The summed E-state index contributed by atoms with van der Waals surface area (Å²) in [5.74, 6) is 1.81. The van der Waals surface area contributed by atoms with Gasteiger partial charge in [-0.1, -0.05) is 6.07 Å². The Bertz CT molecular complexity index is 1400. The molecule has 192 valence electrons. The van der Waals surface area contributed by atoms with Gasteiger partial charge < -0.3 is 15.4 Å². The van der Waals surface area contributed by atoms with E-state index in [0.717, 1.165) is 34.0 Å². The lowest BCUT2D eigenvalue weighted by atomic mass is 9.68. The van der Waals surface area contributed by atoms with Crippen LogP contribution < -0.4 is 10.6 Å². The summed E-state index contributed by atoms with van der Waals surface area (Å²) in [6.45, 7) is 7.78. The number of carbonyl (C=O) groups is 1. The largest absolute Gasteiger partial charge is 0.368 e. The van der Waals surface area contributed by atoms with Gasteiger partial charge in [0.2, 0.25) is 5.95 Å². The Morgan fingerprint density at radius 2 is 2.00 bits per heavy atom. The molecule has 0 saturated heterocycles. The van der Waals surface area contributed by atoms with E-state index in [2.05, 4.69) is 40.9 Å². The van der Waals surface area contributed by atoms with Gasteiger partial charge >= 0.3 is 0 Å². The quantitative estimate of drug-likeness (QED) is 0.333. The molecule has 4 aromatic rings. The van der Waals surface area contributed by atoms with E-state index in [4.69, 9.17) is 4.74 Å². The Kier molecular flexibility index (Phi) is 6.46. The fourth-order valence-electron chi connectivity index (χ4n) is 4.58. The third kappa shape index (κ3) is 5.08. The van der Waals surface area contributed by atoms with Crippen molar-refractivity contribution >= 4 is 17.7 Å². The second kappa shape index (κ2) is 9.74. The van der Waals surface area contributed by atoms with Crippen LogP contribution in [0.4, 0.5) is 11.8 Å². The topological polar surface area (TPSA) is 136 Å². The van der Waals surface area contributed by atoms with Crippen molar-refractivity contribution in [2.24, 2.45) is 0 Å². The van der Waals surface area contributed by atoms with Gasteiger partial charge in [0.1, 0.15) is 5.60 Å². The number of aryl methyl sites for hydroxylation is 3. The van der Waals surface area contributed by atoms with E-state index in [0.29, 0.717) is 24.6 Å². The van der Waals surface area contributed by atoms with Gasteiger partial charge in [-0.25, -0.2) is 19.6 Å². The van der Waals surface area contributed by atoms with Crippen molar-refractivity contribution in [1.29, 1.82) is 0 Å². The minimum Gasteiger partial charge on any atom is -0.368 e. The molecule has 1 atom stereocenters. The number of pyridine rings is 1. The zero-order valence-electron chi connectivity index (χ0n) is 21.6. The first-order chi connectivity index (χ1) is 17.7. The fourth-order valence-corrected chi connectivity index (χ4v) is 4.58. The Morgan fingerprint density at radius 3 is 2.62 bits per heavy atom. The second-order valence-electron chi connectivity index (χ2n) is 9.73. The molecule has 1 amide bonds. The van der Waals surface area contributed by atoms with Gasteiger partial charge in [-0.05, 0) is 63.8 Å². The number of hydrogen-bond donors (Lipinski definition) is 3. The number of H-pyrrole nitrogens is 1. The standard InChI is InChI=1S/C26H31N9O2/c1-15-12-28-35(14-15)23-7-6-19(13-27-23)18(4)30-24(36)26(37-5)10-20(11-26)21-8-16(2)29-25(31-21)32-22-9-17(3)33-34-22/h6-9,12-14,18,20H,10-11H2,1-5H3,(H,30,36)(H2,29,31,32,33,34)/t18-,20?,26?/m0/s1. The zero-order chi connectivity index (χ0) is 26.2. The summed E-state index contributed by atoms with van der Waals surface area (Å²) in [6.07, 6.45) is 6.54. The minimum absolute atomic E-state index is 0.0858. The molecule has 3 N–H and O–H groups in total. The Morgan fingerprint density at radius 1 is 1.19 bits per heavy atom. The number of methoxy groups -OCH3 is 1. The molecule has 1 aliphatic rings. The van der Waals surface area contributed by atoms with Crippen molar-refractivity contribution in [3.05, 3.63) is 71.1 Å². The van der Waals surface area contributed by atoms with Crippen LogP contribution in [0.25, 0.3) is 5.82 Å². The SMILES string of the molecule is COC1(C(=O)N[C@@H](C)c2ccc(-n3cc(C)cn3)nc2)CC(c2cc(C)nc(Nc3cc(C)[nH]n3)n2)C1. The summed E-state index contributed by atoms with van der Waals surface area (Å²) in [4.78, 5) is 26.9. The molecule has 0 aromatic carbocycles. The van der Waals surface area contributed by atoms with Crippen molar-refractivity contribution in [3.8, 4) is 5.82 Å². The number of nitrogens with zero attached hydrogens (tertiary/aromatic N) is 6. The molecule has 1 fully saturated rings. The number of aromatic amines is 1. The van der Waals surface area contributed by atoms with Crippen LogP contribution in [-0.2, 0) is 9.53 Å². The highest BCUT2D eigenvalue weighted by atomic mass is 16.5. The molecule has 1 aliphatic carbocycles. The zero-order valence-corrected chi connectivity index (χ0v) is 21.6. The molecule has 4 aromatic heterocycles. The minimum atomic E-state index is -0.898. The van der Waals surface area contributed by atoms with Crippen LogP contribution in [0.2, 0.25) is 0 Å². The van der Waals surface area contributed by atoms with Gasteiger partial charge in [-0.15, -0.1) is 0 Å². The number of rotatable bonds is 8. The third-order valence-electron chi connectivity index (χ3n) is 6.76. The summed E-state index contributed by atoms with van der Waals surface area (Å²) >= 11 is 0. The molecule has 4 heterocycles. The monoisotopic (exact) mass is 501 g/mol. The first kappa shape index (κ1) is 24.6. The van der Waals surface area contributed by atoms with E-state index in [1.165, 1.54) is 0 Å². The molecule has 5 rings (SSSR count). The first-order valence-corrected chi connectivity index (χ1v) is 12.2. The van der Waals surface area contributed by atoms with Crippen molar-refractivity contribution in [3.63, 3.8) is 0 Å². The number of nitrogens with one attached hydrogen (secondary N) is 3. The number of amides is 1. The van der Waals surface area contributed by atoms with Crippen LogP contribution in [0.15, 0.2) is 42.9 Å². The van der Waals surface area contributed by atoms with Gasteiger partial charge in [0, 0.05) is 48.6 Å². The van der Waals surface area contributed by atoms with Crippen LogP contribution in [0.5, 0.6) is 0 Å². The van der Waals surface area contributed by atoms with Crippen LogP contribution in [-0.4, -0.2) is 53.5 Å². The van der Waals surface area contributed by atoms with Gasteiger partial charge in [-0.3, -0.25) is 9.89 Å². The number of aromatic nitrogens is 7.